The molecule has 0 saturated carbocycles. The number of hydrogen-bond acceptors (Lipinski definition) is 3. The second kappa shape index (κ2) is 4.56. The monoisotopic (exact) mass is 260 g/mol. The van der Waals surface area contributed by atoms with E-state index >= 15 is 0 Å². The Morgan fingerprint density at radius 2 is 2.16 bits per heavy atom. The Morgan fingerprint density at radius 1 is 1.26 bits per heavy atom. The normalized spacial score (nSPS) is 12.1. The molecule has 0 atom stereocenters. The molecule has 2 aromatic heterocycles. The summed E-state index contributed by atoms with van der Waals surface area (Å²) in [6.45, 7) is 0. The van der Waals surface area contributed by atoms with Crippen LogP contribution in [0, 0.1) is 11.6 Å². The van der Waals surface area contributed by atoms with Gasteiger partial charge >= 0.3 is 0 Å². The largest absolute Gasteiger partial charge is 0.257 e. The van der Waals surface area contributed by atoms with Gasteiger partial charge in [0.05, 0.1) is 8.30 Å². The smallest absolute Gasteiger partial charge is 0.184 e. The van der Waals surface area contributed by atoms with Gasteiger partial charge in [-0.05, 0) is 24.2 Å². The van der Waals surface area contributed by atoms with Crippen molar-refractivity contribution in [1.82, 2.24) is 20.2 Å². The number of aromatic nitrogens is 4. The molecule has 2 heterocycles. The van der Waals surface area contributed by atoms with Crippen molar-refractivity contribution in [3.8, 4) is 22.9 Å². The highest BCUT2D eigenvalue weighted by molar-refractivity contribution is 5.59. The Hall–Kier alpha value is -2.63. The third-order valence-electron chi connectivity index (χ3n) is 2.43. The molecule has 6 heteroatoms. The molecule has 0 aliphatic rings. The van der Waals surface area contributed by atoms with Gasteiger partial charge in [0.1, 0.15) is 17.3 Å². The lowest BCUT2D eigenvalue weighted by atomic mass is 10.2. The van der Waals surface area contributed by atoms with E-state index in [0.29, 0.717) is 0 Å². The van der Waals surface area contributed by atoms with E-state index in [-0.39, 0.29) is 35.0 Å². The van der Waals surface area contributed by atoms with Crippen LogP contribution in [0.4, 0.5) is 8.78 Å². The van der Waals surface area contributed by atoms with Crippen molar-refractivity contribution in [2.24, 2.45) is 0 Å². The Balaban J connectivity index is 2.06. The van der Waals surface area contributed by atoms with E-state index in [1.54, 1.807) is 0 Å². The van der Waals surface area contributed by atoms with Crippen LogP contribution < -0.4 is 0 Å². The maximum atomic E-state index is 13.7. The molecule has 1 N–H and O–H groups in total. The highest BCUT2D eigenvalue weighted by atomic mass is 19.1. The lowest BCUT2D eigenvalue weighted by Gasteiger charge is -1.97. The highest BCUT2D eigenvalue weighted by Crippen LogP contribution is 2.21. The molecule has 0 spiro atoms. The van der Waals surface area contributed by atoms with Crippen molar-refractivity contribution in [1.29, 1.82) is 0 Å². The first-order chi connectivity index (χ1) is 10.1. The third kappa shape index (κ3) is 2.20. The molecule has 0 aliphatic heterocycles. The Labute approximate surface area is 110 Å². The SMILES string of the molecule is [2H]c1ccnc(-c2nc(-c3ccc(F)cc3F)n[nH]2)c1[2H]. The summed E-state index contributed by atoms with van der Waals surface area (Å²) in [5.41, 5.74) is 0.177. The molecular formula is C13H8F2N4. The molecule has 3 rings (SSSR count). The van der Waals surface area contributed by atoms with Crippen molar-refractivity contribution >= 4 is 0 Å². The Bertz CT molecular complexity index is 820. The van der Waals surface area contributed by atoms with Gasteiger partial charge in [0.25, 0.3) is 0 Å². The van der Waals surface area contributed by atoms with E-state index < -0.39 is 11.6 Å². The van der Waals surface area contributed by atoms with Crippen molar-refractivity contribution in [3.63, 3.8) is 0 Å². The average molecular weight is 260 g/mol. The minimum Gasteiger partial charge on any atom is -0.257 e. The van der Waals surface area contributed by atoms with Gasteiger partial charge in [0.15, 0.2) is 11.6 Å². The van der Waals surface area contributed by atoms with Crippen molar-refractivity contribution in [3.05, 3.63) is 54.2 Å². The lowest BCUT2D eigenvalue weighted by Crippen LogP contribution is -1.88. The minimum absolute atomic E-state index is 0.00841. The number of rotatable bonds is 2. The number of nitrogens with zero attached hydrogens (tertiary/aromatic N) is 3. The fourth-order valence-corrected chi connectivity index (χ4v) is 1.57. The maximum Gasteiger partial charge on any atom is 0.184 e. The van der Waals surface area contributed by atoms with Gasteiger partial charge in [-0.25, -0.2) is 13.8 Å². The summed E-state index contributed by atoms with van der Waals surface area (Å²) >= 11 is 0. The molecule has 94 valence electrons. The first-order valence-electron chi connectivity index (χ1n) is 6.36. The second-order valence-corrected chi connectivity index (χ2v) is 3.69. The highest BCUT2D eigenvalue weighted by Gasteiger charge is 2.12. The van der Waals surface area contributed by atoms with E-state index in [2.05, 4.69) is 20.2 Å². The van der Waals surface area contributed by atoms with Crippen LogP contribution in [-0.4, -0.2) is 20.2 Å². The van der Waals surface area contributed by atoms with Crippen LogP contribution in [0.25, 0.3) is 22.9 Å². The van der Waals surface area contributed by atoms with Crippen LogP contribution in [0.5, 0.6) is 0 Å². The van der Waals surface area contributed by atoms with Crippen LogP contribution in [-0.2, 0) is 0 Å². The topological polar surface area (TPSA) is 54.5 Å². The molecule has 0 fully saturated rings. The molecule has 4 nitrogen and oxygen atoms in total. The standard InChI is InChI=1S/C13H8F2N4/c14-8-4-5-9(10(15)7-8)12-17-13(19-18-12)11-3-1-2-6-16-11/h1-7H,(H,17,18,19)/i1D,3D. The van der Waals surface area contributed by atoms with E-state index in [4.69, 9.17) is 2.74 Å². The molecule has 0 amide bonds. The number of H-pyrrole nitrogens is 1. The fraction of sp³-hybridized carbons (Fsp3) is 0. The molecule has 0 bridgehead atoms. The summed E-state index contributed by atoms with van der Waals surface area (Å²) in [4.78, 5) is 8.01. The summed E-state index contributed by atoms with van der Waals surface area (Å²) in [6, 6.07) is 4.33. The first kappa shape index (κ1) is 9.32. The summed E-state index contributed by atoms with van der Waals surface area (Å²) < 4.78 is 41.9. The van der Waals surface area contributed by atoms with E-state index in [0.717, 1.165) is 12.1 Å². The van der Waals surface area contributed by atoms with Gasteiger partial charge in [-0.1, -0.05) is 6.04 Å². The zero-order chi connectivity index (χ0) is 15.0. The molecule has 3 aromatic rings. The van der Waals surface area contributed by atoms with Crippen LogP contribution in [0.2, 0.25) is 0 Å². The summed E-state index contributed by atoms with van der Waals surface area (Å²) in [5.74, 6) is -1.30. The van der Waals surface area contributed by atoms with Gasteiger partial charge in [0, 0.05) is 12.3 Å². The summed E-state index contributed by atoms with van der Waals surface area (Å²) in [5, 5.41) is 6.38. The van der Waals surface area contributed by atoms with Gasteiger partial charge < -0.3 is 0 Å². The maximum absolute atomic E-state index is 13.7. The van der Waals surface area contributed by atoms with Crippen LogP contribution in [0.15, 0.2) is 42.5 Å². The molecule has 1 aromatic carbocycles. The predicted octanol–water partition coefficient (Wildman–Crippen LogP) is 2.81. The molecular weight excluding hydrogens is 250 g/mol. The number of nitrogens with one attached hydrogen (secondary N) is 1. The zero-order valence-corrected chi connectivity index (χ0v) is 9.48. The number of aromatic amines is 1. The van der Waals surface area contributed by atoms with Gasteiger partial charge in [-0.3, -0.25) is 10.1 Å². The second-order valence-electron chi connectivity index (χ2n) is 3.69. The number of pyridine rings is 1. The summed E-state index contributed by atoms with van der Waals surface area (Å²) in [6.07, 6.45) is 1.37. The fourth-order valence-electron chi connectivity index (χ4n) is 1.57. The van der Waals surface area contributed by atoms with Crippen molar-refractivity contribution in [2.75, 3.05) is 0 Å². The molecule has 0 radical (unpaired) electrons. The van der Waals surface area contributed by atoms with Gasteiger partial charge in [-0.15, -0.1) is 0 Å². The van der Waals surface area contributed by atoms with Gasteiger partial charge in [-0.2, -0.15) is 5.10 Å². The average Bonchev–Trinajstić information content (AvgIpc) is 2.91. The quantitative estimate of drug-likeness (QED) is 0.770. The van der Waals surface area contributed by atoms with E-state index in [1.165, 1.54) is 18.3 Å². The molecule has 19 heavy (non-hydrogen) atoms. The zero-order valence-electron chi connectivity index (χ0n) is 11.5. The first-order valence-corrected chi connectivity index (χ1v) is 5.36. The molecule has 0 saturated heterocycles. The van der Waals surface area contributed by atoms with Crippen LogP contribution >= 0.6 is 0 Å². The third-order valence-corrected chi connectivity index (χ3v) is 2.43. The van der Waals surface area contributed by atoms with Crippen LogP contribution in [0.1, 0.15) is 2.74 Å². The molecule has 0 aliphatic carbocycles. The van der Waals surface area contributed by atoms with Crippen molar-refractivity contribution in [2.45, 2.75) is 0 Å². The van der Waals surface area contributed by atoms with E-state index in [9.17, 15) is 8.78 Å². The minimum atomic E-state index is -0.783. The Morgan fingerprint density at radius 3 is 3.00 bits per heavy atom. The van der Waals surface area contributed by atoms with Crippen LogP contribution in [0.3, 0.4) is 0 Å². The molecule has 0 unspecified atom stereocenters. The number of halogens is 2. The predicted molar refractivity (Wildman–Crippen MR) is 65.0 cm³/mol. The number of benzene rings is 1. The Kier molecular flexibility index (Phi) is 2.24. The number of hydrogen-bond donors (Lipinski definition) is 1. The van der Waals surface area contributed by atoms with Gasteiger partial charge in [0.2, 0.25) is 0 Å². The van der Waals surface area contributed by atoms with E-state index in [1.807, 2.05) is 0 Å². The lowest BCUT2D eigenvalue weighted by molar-refractivity contribution is 0.585. The van der Waals surface area contributed by atoms with Crippen molar-refractivity contribution < 1.29 is 11.5 Å². The summed E-state index contributed by atoms with van der Waals surface area (Å²) in [7, 11) is 0.